The summed E-state index contributed by atoms with van der Waals surface area (Å²) in [6.45, 7) is 7.12. The highest BCUT2D eigenvalue weighted by molar-refractivity contribution is 5.90. The van der Waals surface area contributed by atoms with E-state index in [4.69, 9.17) is 9.52 Å². The van der Waals surface area contributed by atoms with E-state index in [1.807, 2.05) is 20.8 Å². The van der Waals surface area contributed by atoms with Crippen LogP contribution < -0.4 is 5.32 Å². The topological polar surface area (TPSA) is 62.5 Å². The maximum absolute atomic E-state index is 11.1. The van der Waals surface area contributed by atoms with Gasteiger partial charge in [-0.3, -0.25) is 0 Å². The molecule has 84 valence electrons. The first-order chi connectivity index (χ1) is 7.07. The van der Waals surface area contributed by atoms with Gasteiger partial charge in [-0.25, -0.2) is 4.79 Å². The van der Waals surface area contributed by atoms with E-state index in [1.165, 1.54) is 0 Å². The molecule has 0 unspecified atom stereocenters. The molecule has 1 rings (SSSR count). The van der Waals surface area contributed by atoms with Crippen LogP contribution in [-0.4, -0.2) is 17.6 Å². The molecule has 0 aliphatic rings. The molecule has 0 fully saturated rings. The van der Waals surface area contributed by atoms with Crippen LogP contribution in [-0.2, 0) is 6.54 Å². The Kier molecular flexibility index (Phi) is 3.91. The number of aromatic carboxylic acids is 1. The summed E-state index contributed by atoms with van der Waals surface area (Å²) in [5.74, 6) is -0.247. The van der Waals surface area contributed by atoms with Crippen molar-refractivity contribution >= 4 is 5.97 Å². The van der Waals surface area contributed by atoms with Crippen LogP contribution >= 0.6 is 0 Å². The summed E-state index contributed by atoms with van der Waals surface area (Å²) in [4.78, 5) is 11.1. The molecule has 0 saturated heterocycles. The molecule has 0 amide bonds. The Bertz CT molecular complexity index is 342. The zero-order valence-electron chi connectivity index (χ0n) is 9.33. The van der Waals surface area contributed by atoms with Crippen molar-refractivity contribution in [2.75, 3.05) is 6.54 Å². The average Bonchev–Trinajstić information content (AvgIpc) is 2.58. The molecule has 4 nitrogen and oxygen atoms in total. The lowest BCUT2D eigenvalue weighted by molar-refractivity contribution is 0.0693. The van der Waals surface area contributed by atoms with Crippen molar-refractivity contribution in [2.45, 2.75) is 33.2 Å². The van der Waals surface area contributed by atoms with Crippen LogP contribution in [0.3, 0.4) is 0 Å². The predicted molar refractivity (Wildman–Crippen MR) is 57.1 cm³/mol. The van der Waals surface area contributed by atoms with Gasteiger partial charge in [-0.1, -0.05) is 20.8 Å². The molecule has 15 heavy (non-hydrogen) atoms. The molecule has 0 spiro atoms. The molecule has 1 heterocycles. The number of hydrogen-bond donors (Lipinski definition) is 2. The van der Waals surface area contributed by atoms with Crippen molar-refractivity contribution < 1.29 is 14.3 Å². The summed E-state index contributed by atoms with van der Waals surface area (Å²) < 4.78 is 5.28. The minimum absolute atomic E-state index is 0.162. The van der Waals surface area contributed by atoms with Crippen LogP contribution in [0.15, 0.2) is 10.7 Å². The molecule has 4 heteroatoms. The fourth-order valence-electron chi connectivity index (χ4n) is 1.45. The van der Waals surface area contributed by atoms with E-state index < -0.39 is 5.97 Å². The molecule has 0 aromatic carbocycles. The average molecular weight is 211 g/mol. The van der Waals surface area contributed by atoms with Gasteiger partial charge in [-0.2, -0.15) is 0 Å². The van der Waals surface area contributed by atoms with Crippen LogP contribution in [0.1, 0.15) is 48.4 Å². The second kappa shape index (κ2) is 4.98. The van der Waals surface area contributed by atoms with Gasteiger partial charge in [0.15, 0.2) is 0 Å². The summed E-state index contributed by atoms with van der Waals surface area (Å²) in [6.07, 6.45) is 1.54. The van der Waals surface area contributed by atoms with Gasteiger partial charge >= 0.3 is 5.97 Å². The van der Waals surface area contributed by atoms with Crippen molar-refractivity contribution in [3.8, 4) is 0 Å². The molecule has 1 aromatic heterocycles. The minimum atomic E-state index is -0.916. The van der Waals surface area contributed by atoms with Gasteiger partial charge in [0.2, 0.25) is 0 Å². The van der Waals surface area contributed by atoms with E-state index in [2.05, 4.69) is 5.32 Å². The third-order valence-electron chi connectivity index (χ3n) is 2.27. The van der Waals surface area contributed by atoms with Gasteiger partial charge in [0, 0.05) is 5.56 Å². The quantitative estimate of drug-likeness (QED) is 0.783. The highest BCUT2D eigenvalue weighted by atomic mass is 16.4. The lowest BCUT2D eigenvalue weighted by Crippen LogP contribution is -2.14. The van der Waals surface area contributed by atoms with Crippen LogP contribution in [0.4, 0.5) is 0 Å². The molecule has 1 aromatic rings. The van der Waals surface area contributed by atoms with E-state index in [-0.39, 0.29) is 5.92 Å². The highest BCUT2D eigenvalue weighted by Gasteiger charge is 2.21. The van der Waals surface area contributed by atoms with E-state index in [9.17, 15) is 4.79 Å². The zero-order chi connectivity index (χ0) is 11.4. The number of furan rings is 1. The second-order valence-corrected chi connectivity index (χ2v) is 3.73. The third kappa shape index (κ3) is 2.59. The molecule has 0 radical (unpaired) electrons. The van der Waals surface area contributed by atoms with Crippen LogP contribution in [0.5, 0.6) is 0 Å². The Morgan fingerprint density at radius 2 is 2.27 bits per heavy atom. The molecule has 0 saturated carbocycles. The second-order valence-electron chi connectivity index (χ2n) is 3.73. The van der Waals surface area contributed by atoms with Crippen molar-refractivity contribution in [1.82, 2.24) is 5.32 Å². The standard InChI is InChI=1S/C11H17NO3/c1-4-12-5-9-10(11(13)14)8(6-15-9)7(2)3/h6-7,12H,4-5H2,1-3H3,(H,13,14). The SMILES string of the molecule is CCNCc1occ(C(C)C)c1C(=O)O. The summed E-state index contributed by atoms with van der Waals surface area (Å²) in [6, 6.07) is 0. The molecule has 0 atom stereocenters. The molecule has 0 aliphatic heterocycles. The number of carboxylic acids is 1. The fraction of sp³-hybridized carbons (Fsp3) is 0.545. The first kappa shape index (κ1) is 11.8. The molecular formula is C11H17NO3. The van der Waals surface area contributed by atoms with Crippen molar-refractivity contribution in [2.24, 2.45) is 0 Å². The zero-order valence-corrected chi connectivity index (χ0v) is 9.33. The van der Waals surface area contributed by atoms with Gasteiger partial charge in [0.25, 0.3) is 0 Å². The van der Waals surface area contributed by atoms with E-state index in [1.54, 1.807) is 6.26 Å². The molecule has 0 aliphatic carbocycles. The lowest BCUT2D eigenvalue weighted by Gasteiger charge is -2.04. The van der Waals surface area contributed by atoms with Gasteiger partial charge in [0.1, 0.15) is 11.3 Å². The predicted octanol–water partition coefficient (Wildman–Crippen LogP) is 2.21. The van der Waals surface area contributed by atoms with Crippen molar-refractivity contribution in [1.29, 1.82) is 0 Å². The number of carbonyl (C=O) groups is 1. The van der Waals surface area contributed by atoms with E-state index in [0.29, 0.717) is 17.9 Å². The summed E-state index contributed by atoms with van der Waals surface area (Å²) in [5, 5.41) is 12.2. The number of rotatable bonds is 5. The Hall–Kier alpha value is -1.29. The lowest BCUT2D eigenvalue weighted by atomic mass is 10.0. The first-order valence-electron chi connectivity index (χ1n) is 5.12. The number of nitrogens with one attached hydrogen (secondary N) is 1. The summed E-state index contributed by atoms with van der Waals surface area (Å²) in [5.41, 5.74) is 1.07. The van der Waals surface area contributed by atoms with E-state index in [0.717, 1.165) is 12.1 Å². The van der Waals surface area contributed by atoms with Gasteiger partial charge in [-0.15, -0.1) is 0 Å². The van der Waals surface area contributed by atoms with E-state index >= 15 is 0 Å². The van der Waals surface area contributed by atoms with Crippen LogP contribution in [0, 0.1) is 0 Å². The monoisotopic (exact) mass is 211 g/mol. The maximum atomic E-state index is 11.1. The van der Waals surface area contributed by atoms with Crippen molar-refractivity contribution in [3.05, 3.63) is 23.2 Å². The fourth-order valence-corrected chi connectivity index (χ4v) is 1.45. The molecule has 2 N–H and O–H groups in total. The molecule has 0 bridgehead atoms. The Morgan fingerprint density at radius 1 is 1.60 bits per heavy atom. The maximum Gasteiger partial charge on any atom is 0.339 e. The number of hydrogen-bond acceptors (Lipinski definition) is 3. The van der Waals surface area contributed by atoms with Gasteiger partial charge in [0.05, 0.1) is 12.8 Å². The van der Waals surface area contributed by atoms with Crippen molar-refractivity contribution in [3.63, 3.8) is 0 Å². The minimum Gasteiger partial charge on any atom is -0.478 e. The molecular weight excluding hydrogens is 194 g/mol. The Labute approximate surface area is 89.3 Å². The Morgan fingerprint density at radius 3 is 2.73 bits per heavy atom. The van der Waals surface area contributed by atoms with Gasteiger partial charge < -0.3 is 14.8 Å². The smallest absolute Gasteiger partial charge is 0.339 e. The normalized spacial score (nSPS) is 10.9. The summed E-state index contributed by atoms with van der Waals surface area (Å²) in [7, 11) is 0. The van der Waals surface area contributed by atoms with Crippen LogP contribution in [0.25, 0.3) is 0 Å². The first-order valence-corrected chi connectivity index (χ1v) is 5.12. The van der Waals surface area contributed by atoms with Crippen LogP contribution in [0.2, 0.25) is 0 Å². The summed E-state index contributed by atoms with van der Waals surface area (Å²) >= 11 is 0. The Balaban J connectivity index is 3.01. The third-order valence-corrected chi connectivity index (χ3v) is 2.27. The number of carboxylic acid groups (broad SMARTS) is 1. The largest absolute Gasteiger partial charge is 0.478 e. The highest BCUT2D eigenvalue weighted by Crippen LogP contribution is 2.24. The van der Waals surface area contributed by atoms with Gasteiger partial charge in [-0.05, 0) is 12.5 Å².